The summed E-state index contributed by atoms with van der Waals surface area (Å²) in [5.74, 6) is 0.869. The highest BCUT2D eigenvalue weighted by molar-refractivity contribution is 5.85. The molecule has 0 aromatic heterocycles. The molecule has 0 saturated heterocycles. The Labute approximate surface area is 137 Å². The van der Waals surface area contributed by atoms with Crippen LogP contribution in [0, 0.1) is 0 Å². The van der Waals surface area contributed by atoms with Gasteiger partial charge in [-0.1, -0.05) is 0 Å². The molecule has 0 saturated carbocycles. The molecule has 0 atom stereocenters. The van der Waals surface area contributed by atoms with Gasteiger partial charge in [0.15, 0.2) is 6.61 Å². The van der Waals surface area contributed by atoms with E-state index in [0.717, 1.165) is 5.75 Å². The summed E-state index contributed by atoms with van der Waals surface area (Å²) in [5, 5.41) is 2.81. The number of carbonyl (C=O) groups excluding carboxylic acids is 2. The predicted octanol–water partition coefficient (Wildman–Crippen LogP) is 1.84. The summed E-state index contributed by atoms with van der Waals surface area (Å²) >= 11 is 0. The third-order valence-electron chi connectivity index (χ3n) is 2.82. The Morgan fingerprint density at radius 3 is 2.09 bits per heavy atom. The minimum atomic E-state index is -0.320. The van der Waals surface area contributed by atoms with E-state index in [4.69, 9.17) is 9.47 Å². The predicted molar refractivity (Wildman–Crippen MR) is 88.6 cm³/mol. The van der Waals surface area contributed by atoms with Gasteiger partial charge in [-0.2, -0.15) is 0 Å². The standard InChI is InChI=1S/C17H26N2O4/c1-6-22-13-7-9-14(10-8-13)23-12-16(21)19(5)11-15(20)18-17(2,3)4/h7-10H,6,11-12H2,1-5H3,(H,18,20). The SMILES string of the molecule is CCOc1ccc(OCC(=O)N(C)CC(=O)NC(C)(C)C)cc1. The molecular formula is C17H26N2O4. The van der Waals surface area contributed by atoms with Crippen LogP contribution in [0.2, 0.25) is 0 Å². The fourth-order valence-electron chi connectivity index (χ4n) is 1.82. The van der Waals surface area contributed by atoms with E-state index >= 15 is 0 Å². The van der Waals surface area contributed by atoms with Gasteiger partial charge in [0, 0.05) is 12.6 Å². The average Bonchev–Trinajstić information content (AvgIpc) is 2.44. The lowest BCUT2D eigenvalue weighted by molar-refractivity contribution is -0.136. The van der Waals surface area contributed by atoms with Gasteiger partial charge in [0.2, 0.25) is 5.91 Å². The van der Waals surface area contributed by atoms with E-state index in [1.54, 1.807) is 31.3 Å². The van der Waals surface area contributed by atoms with Gasteiger partial charge in [-0.05, 0) is 52.0 Å². The number of hydrogen-bond acceptors (Lipinski definition) is 4. The highest BCUT2D eigenvalue weighted by Gasteiger charge is 2.18. The quantitative estimate of drug-likeness (QED) is 0.832. The number of hydrogen-bond donors (Lipinski definition) is 1. The Bertz CT molecular complexity index is 520. The number of benzene rings is 1. The number of nitrogens with zero attached hydrogens (tertiary/aromatic N) is 1. The van der Waals surface area contributed by atoms with Crippen LogP contribution in [0.4, 0.5) is 0 Å². The maximum Gasteiger partial charge on any atom is 0.260 e. The molecular weight excluding hydrogens is 296 g/mol. The number of ether oxygens (including phenoxy) is 2. The van der Waals surface area contributed by atoms with Crippen molar-refractivity contribution in [2.75, 3.05) is 26.8 Å². The molecule has 0 radical (unpaired) electrons. The Balaban J connectivity index is 2.41. The average molecular weight is 322 g/mol. The van der Waals surface area contributed by atoms with Gasteiger partial charge >= 0.3 is 0 Å². The first-order valence-corrected chi connectivity index (χ1v) is 7.62. The largest absolute Gasteiger partial charge is 0.494 e. The van der Waals surface area contributed by atoms with Gasteiger partial charge in [-0.3, -0.25) is 9.59 Å². The van der Waals surface area contributed by atoms with E-state index in [-0.39, 0.29) is 30.5 Å². The van der Waals surface area contributed by atoms with Gasteiger partial charge < -0.3 is 19.7 Å². The monoisotopic (exact) mass is 322 g/mol. The number of likely N-dealkylation sites (N-methyl/N-ethyl adjacent to an activating group) is 1. The van der Waals surface area contributed by atoms with Gasteiger partial charge in [-0.25, -0.2) is 0 Å². The van der Waals surface area contributed by atoms with Gasteiger partial charge in [-0.15, -0.1) is 0 Å². The Morgan fingerprint density at radius 1 is 1.09 bits per heavy atom. The van der Waals surface area contributed by atoms with Gasteiger partial charge in [0.25, 0.3) is 5.91 Å². The van der Waals surface area contributed by atoms with Crippen LogP contribution in [-0.2, 0) is 9.59 Å². The normalized spacial score (nSPS) is 10.8. The molecule has 0 unspecified atom stereocenters. The van der Waals surface area contributed by atoms with E-state index in [2.05, 4.69) is 5.32 Å². The van der Waals surface area contributed by atoms with Crippen molar-refractivity contribution in [2.24, 2.45) is 0 Å². The van der Waals surface area contributed by atoms with Crippen molar-refractivity contribution in [1.29, 1.82) is 0 Å². The molecule has 0 heterocycles. The summed E-state index contributed by atoms with van der Waals surface area (Å²) in [7, 11) is 1.58. The molecule has 0 aliphatic carbocycles. The van der Waals surface area contributed by atoms with E-state index < -0.39 is 0 Å². The smallest absolute Gasteiger partial charge is 0.260 e. The second-order valence-corrected chi connectivity index (χ2v) is 6.24. The highest BCUT2D eigenvalue weighted by atomic mass is 16.5. The maximum absolute atomic E-state index is 12.0. The number of rotatable bonds is 7. The summed E-state index contributed by atoms with van der Waals surface area (Å²) in [5.41, 5.74) is -0.320. The summed E-state index contributed by atoms with van der Waals surface area (Å²) in [6.45, 7) is 8.07. The molecule has 128 valence electrons. The van der Waals surface area contributed by atoms with E-state index in [0.29, 0.717) is 12.4 Å². The van der Waals surface area contributed by atoms with Gasteiger partial charge in [0.05, 0.1) is 13.2 Å². The van der Waals surface area contributed by atoms with Crippen LogP contribution in [0.25, 0.3) is 0 Å². The van der Waals surface area contributed by atoms with Crippen molar-refractivity contribution in [1.82, 2.24) is 10.2 Å². The molecule has 0 fully saturated rings. The molecule has 1 aromatic carbocycles. The fraction of sp³-hybridized carbons (Fsp3) is 0.529. The van der Waals surface area contributed by atoms with E-state index in [1.807, 2.05) is 27.7 Å². The van der Waals surface area contributed by atoms with Crippen LogP contribution < -0.4 is 14.8 Å². The molecule has 0 spiro atoms. The van der Waals surface area contributed by atoms with Crippen LogP contribution in [0.3, 0.4) is 0 Å². The third-order valence-corrected chi connectivity index (χ3v) is 2.82. The summed E-state index contributed by atoms with van der Waals surface area (Å²) in [6.07, 6.45) is 0. The number of nitrogens with one attached hydrogen (secondary N) is 1. The molecule has 1 rings (SSSR count). The van der Waals surface area contributed by atoms with Crippen molar-refractivity contribution < 1.29 is 19.1 Å². The zero-order valence-corrected chi connectivity index (χ0v) is 14.5. The Kier molecular flexibility index (Phi) is 6.88. The minimum Gasteiger partial charge on any atom is -0.494 e. The molecule has 1 aromatic rings. The van der Waals surface area contributed by atoms with Crippen LogP contribution in [-0.4, -0.2) is 49.1 Å². The first-order valence-electron chi connectivity index (χ1n) is 7.62. The molecule has 1 N–H and O–H groups in total. The van der Waals surface area contributed by atoms with Crippen LogP contribution in [0.5, 0.6) is 11.5 Å². The lowest BCUT2D eigenvalue weighted by atomic mass is 10.1. The maximum atomic E-state index is 12.0. The molecule has 6 nitrogen and oxygen atoms in total. The lowest BCUT2D eigenvalue weighted by Crippen LogP contribution is -2.47. The number of carbonyl (C=O) groups is 2. The van der Waals surface area contributed by atoms with Crippen molar-refractivity contribution in [3.63, 3.8) is 0 Å². The molecule has 0 aliphatic rings. The Morgan fingerprint density at radius 2 is 1.61 bits per heavy atom. The molecule has 0 bridgehead atoms. The first-order chi connectivity index (χ1) is 10.7. The zero-order chi connectivity index (χ0) is 17.5. The fourth-order valence-corrected chi connectivity index (χ4v) is 1.82. The third kappa shape index (κ3) is 7.54. The second-order valence-electron chi connectivity index (χ2n) is 6.24. The molecule has 6 heteroatoms. The first kappa shape index (κ1) is 18.8. The Hall–Kier alpha value is -2.24. The van der Waals surface area contributed by atoms with Crippen molar-refractivity contribution in [2.45, 2.75) is 33.2 Å². The van der Waals surface area contributed by atoms with Crippen molar-refractivity contribution >= 4 is 11.8 Å². The van der Waals surface area contributed by atoms with Gasteiger partial charge in [0.1, 0.15) is 11.5 Å². The highest BCUT2D eigenvalue weighted by Crippen LogP contribution is 2.17. The van der Waals surface area contributed by atoms with Crippen LogP contribution in [0.1, 0.15) is 27.7 Å². The lowest BCUT2D eigenvalue weighted by Gasteiger charge is -2.23. The molecule has 23 heavy (non-hydrogen) atoms. The number of amides is 2. The minimum absolute atomic E-state index is 0.00272. The second kappa shape index (κ2) is 8.41. The zero-order valence-electron chi connectivity index (χ0n) is 14.5. The van der Waals surface area contributed by atoms with Crippen molar-refractivity contribution in [3.8, 4) is 11.5 Å². The summed E-state index contributed by atoms with van der Waals surface area (Å²) in [4.78, 5) is 25.1. The van der Waals surface area contributed by atoms with Crippen LogP contribution >= 0.6 is 0 Å². The van der Waals surface area contributed by atoms with Crippen molar-refractivity contribution in [3.05, 3.63) is 24.3 Å². The van der Waals surface area contributed by atoms with E-state index in [1.165, 1.54) is 4.90 Å². The summed E-state index contributed by atoms with van der Waals surface area (Å²) in [6, 6.07) is 7.04. The molecule has 0 aliphatic heterocycles. The van der Waals surface area contributed by atoms with Crippen LogP contribution in [0.15, 0.2) is 24.3 Å². The summed E-state index contributed by atoms with van der Waals surface area (Å²) < 4.78 is 10.8. The van der Waals surface area contributed by atoms with E-state index in [9.17, 15) is 9.59 Å². The molecule has 2 amide bonds. The topological polar surface area (TPSA) is 67.9 Å².